The number of rotatable bonds is 6. The molecule has 0 aliphatic heterocycles. The van der Waals surface area contributed by atoms with Gasteiger partial charge in [-0.15, -0.1) is 0 Å². The van der Waals surface area contributed by atoms with Crippen molar-refractivity contribution >= 4 is 44.4 Å². The molecule has 7 nitrogen and oxygen atoms in total. The van der Waals surface area contributed by atoms with E-state index in [0.717, 1.165) is 16.8 Å². The van der Waals surface area contributed by atoms with E-state index in [0.29, 0.717) is 15.7 Å². The van der Waals surface area contributed by atoms with Crippen molar-refractivity contribution in [3.8, 4) is 5.75 Å². The third kappa shape index (κ3) is 5.37. The number of benzene rings is 3. The van der Waals surface area contributed by atoms with Crippen LogP contribution in [0.4, 0.5) is 10.5 Å². The van der Waals surface area contributed by atoms with Gasteiger partial charge >= 0.3 is 6.09 Å². The maximum absolute atomic E-state index is 12.6. The average molecular weight is 471 g/mol. The molecule has 154 valence electrons. The van der Waals surface area contributed by atoms with E-state index in [1.807, 2.05) is 36.4 Å². The first-order chi connectivity index (χ1) is 14.5. The summed E-state index contributed by atoms with van der Waals surface area (Å²) in [5, 5.41) is 23.4. The van der Waals surface area contributed by atoms with Gasteiger partial charge in [0.15, 0.2) is 0 Å². The van der Waals surface area contributed by atoms with Crippen molar-refractivity contribution in [3.63, 3.8) is 0 Å². The average Bonchev–Trinajstić information content (AvgIpc) is 2.75. The molecule has 0 fully saturated rings. The molecule has 30 heavy (non-hydrogen) atoms. The lowest BCUT2D eigenvalue weighted by atomic mass is 10.0. The largest absolute Gasteiger partial charge is 0.508 e. The summed E-state index contributed by atoms with van der Waals surface area (Å²) in [5.41, 5.74) is 2.44. The molecule has 0 saturated heterocycles. The smallest absolute Gasteiger partial charge is 0.412 e. The molecule has 0 unspecified atom stereocenters. The SMILES string of the molecule is O=C(/C=C/C[C@H](OC(=O)Nc1cccc2ccccc12)c1cc(Br)ccc1O)NO. The second kappa shape index (κ2) is 9.91. The van der Waals surface area contributed by atoms with Crippen molar-refractivity contribution in [2.45, 2.75) is 12.5 Å². The summed E-state index contributed by atoms with van der Waals surface area (Å²) in [6, 6.07) is 17.9. The van der Waals surface area contributed by atoms with Crippen LogP contribution < -0.4 is 10.8 Å². The first-order valence-electron chi connectivity index (χ1n) is 9.02. The van der Waals surface area contributed by atoms with Gasteiger partial charge < -0.3 is 9.84 Å². The Morgan fingerprint density at radius 1 is 1.10 bits per heavy atom. The first-order valence-corrected chi connectivity index (χ1v) is 9.81. The highest BCUT2D eigenvalue weighted by Crippen LogP contribution is 2.33. The number of nitrogens with one attached hydrogen (secondary N) is 2. The van der Waals surface area contributed by atoms with Gasteiger partial charge in [0.1, 0.15) is 11.9 Å². The van der Waals surface area contributed by atoms with E-state index < -0.39 is 18.1 Å². The monoisotopic (exact) mass is 470 g/mol. The summed E-state index contributed by atoms with van der Waals surface area (Å²) in [6.45, 7) is 0. The number of carbonyl (C=O) groups excluding carboxylic acids is 2. The van der Waals surface area contributed by atoms with Crippen LogP contribution in [0.15, 0.2) is 77.3 Å². The maximum atomic E-state index is 12.6. The molecule has 3 aromatic carbocycles. The number of amides is 2. The fourth-order valence-electron chi connectivity index (χ4n) is 2.96. The van der Waals surface area contributed by atoms with Crippen LogP contribution in [0.3, 0.4) is 0 Å². The molecule has 1 atom stereocenters. The molecule has 2 amide bonds. The van der Waals surface area contributed by atoms with Crippen molar-refractivity contribution in [2.24, 2.45) is 0 Å². The standard InChI is InChI=1S/C22H19BrN2O5/c23-15-11-12-19(26)17(13-15)20(9-4-10-21(27)25-29)30-22(28)24-18-8-3-6-14-5-1-2-7-16(14)18/h1-8,10-13,20,26,29H,9H2,(H,24,28)(H,25,27)/b10-4+/t20-/m0/s1. The summed E-state index contributed by atoms with van der Waals surface area (Å²) in [5.74, 6) is -0.770. The van der Waals surface area contributed by atoms with E-state index >= 15 is 0 Å². The molecule has 0 aromatic heterocycles. The zero-order valence-corrected chi connectivity index (χ0v) is 17.3. The number of ether oxygens (including phenoxy) is 1. The minimum absolute atomic E-state index is 0.0545. The van der Waals surface area contributed by atoms with Crippen molar-refractivity contribution in [1.82, 2.24) is 5.48 Å². The van der Waals surface area contributed by atoms with Crippen molar-refractivity contribution < 1.29 is 24.6 Å². The Morgan fingerprint density at radius 2 is 1.87 bits per heavy atom. The molecular weight excluding hydrogens is 452 g/mol. The van der Waals surface area contributed by atoms with Gasteiger partial charge in [0, 0.05) is 27.9 Å². The lowest BCUT2D eigenvalue weighted by molar-refractivity contribution is -0.124. The third-order valence-corrected chi connectivity index (χ3v) is 4.83. The number of hydrogen-bond acceptors (Lipinski definition) is 5. The normalized spacial score (nSPS) is 11.9. The van der Waals surface area contributed by atoms with Gasteiger partial charge in [0.25, 0.3) is 5.91 Å². The molecule has 0 radical (unpaired) electrons. The van der Waals surface area contributed by atoms with Gasteiger partial charge in [-0.1, -0.05) is 58.4 Å². The molecule has 4 N–H and O–H groups in total. The van der Waals surface area contributed by atoms with Crippen LogP contribution in [0, 0.1) is 0 Å². The Kier molecular flexibility index (Phi) is 7.05. The zero-order chi connectivity index (χ0) is 21.5. The van der Waals surface area contributed by atoms with Gasteiger partial charge in [-0.2, -0.15) is 0 Å². The molecule has 8 heteroatoms. The maximum Gasteiger partial charge on any atom is 0.412 e. The van der Waals surface area contributed by atoms with Crippen LogP contribution in [0.5, 0.6) is 5.75 Å². The van der Waals surface area contributed by atoms with E-state index in [2.05, 4.69) is 21.2 Å². The van der Waals surface area contributed by atoms with E-state index in [1.54, 1.807) is 18.2 Å². The van der Waals surface area contributed by atoms with Gasteiger partial charge in [0.2, 0.25) is 0 Å². The van der Waals surface area contributed by atoms with Gasteiger partial charge in [-0.25, -0.2) is 10.3 Å². The molecule has 0 aliphatic carbocycles. The lowest BCUT2D eigenvalue weighted by Crippen LogP contribution is -2.18. The summed E-state index contributed by atoms with van der Waals surface area (Å²) >= 11 is 3.33. The van der Waals surface area contributed by atoms with Crippen molar-refractivity contribution in [2.75, 3.05) is 5.32 Å². The number of hydroxylamine groups is 1. The van der Waals surface area contributed by atoms with Crippen LogP contribution >= 0.6 is 15.9 Å². The summed E-state index contributed by atoms with van der Waals surface area (Å²) in [6.07, 6.45) is 1.05. The van der Waals surface area contributed by atoms with E-state index in [4.69, 9.17) is 9.94 Å². The molecule has 0 bridgehead atoms. The number of hydrogen-bond donors (Lipinski definition) is 4. The number of aromatic hydroxyl groups is 1. The van der Waals surface area contributed by atoms with Crippen LogP contribution in [0.25, 0.3) is 10.8 Å². The Labute approximate surface area is 181 Å². The van der Waals surface area contributed by atoms with E-state index in [9.17, 15) is 14.7 Å². The molecule has 3 aromatic rings. The van der Waals surface area contributed by atoms with E-state index in [1.165, 1.54) is 17.6 Å². The molecule has 0 heterocycles. The highest BCUT2D eigenvalue weighted by molar-refractivity contribution is 9.10. The molecule has 0 saturated carbocycles. The number of halogens is 1. The highest BCUT2D eigenvalue weighted by Gasteiger charge is 2.20. The quantitative estimate of drug-likeness (QED) is 0.229. The summed E-state index contributed by atoms with van der Waals surface area (Å²) in [7, 11) is 0. The number of anilines is 1. The second-order valence-electron chi connectivity index (χ2n) is 6.36. The highest BCUT2D eigenvalue weighted by atomic mass is 79.9. The molecular formula is C22H19BrN2O5. The van der Waals surface area contributed by atoms with Gasteiger partial charge in [-0.05, 0) is 29.7 Å². The molecule has 0 aliphatic rings. The zero-order valence-electron chi connectivity index (χ0n) is 15.7. The Balaban J connectivity index is 1.82. The third-order valence-electron chi connectivity index (χ3n) is 4.34. The minimum Gasteiger partial charge on any atom is -0.508 e. The lowest BCUT2D eigenvalue weighted by Gasteiger charge is -2.19. The number of carbonyl (C=O) groups is 2. The van der Waals surface area contributed by atoms with Crippen molar-refractivity contribution in [3.05, 3.63) is 82.9 Å². The van der Waals surface area contributed by atoms with Crippen molar-refractivity contribution in [1.29, 1.82) is 0 Å². The topological polar surface area (TPSA) is 108 Å². The number of fused-ring (bicyclic) bond motifs is 1. The van der Waals surface area contributed by atoms with Crippen LogP contribution in [0.1, 0.15) is 18.1 Å². The second-order valence-corrected chi connectivity index (χ2v) is 7.28. The predicted molar refractivity (Wildman–Crippen MR) is 116 cm³/mol. The fraction of sp³-hybridized carbons (Fsp3) is 0.0909. The molecule has 3 rings (SSSR count). The predicted octanol–water partition coefficient (Wildman–Crippen LogP) is 5.05. The van der Waals surface area contributed by atoms with Gasteiger partial charge in [-0.3, -0.25) is 15.3 Å². The Morgan fingerprint density at radius 3 is 2.67 bits per heavy atom. The fourth-order valence-corrected chi connectivity index (χ4v) is 3.34. The van der Waals surface area contributed by atoms with Crippen LogP contribution in [-0.4, -0.2) is 22.3 Å². The Hall–Kier alpha value is -3.36. The minimum atomic E-state index is -0.875. The Bertz CT molecular complexity index is 1090. The van der Waals surface area contributed by atoms with Gasteiger partial charge in [0.05, 0.1) is 5.69 Å². The van der Waals surface area contributed by atoms with Crippen LogP contribution in [0.2, 0.25) is 0 Å². The molecule has 0 spiro atoms. The first kappa shape index (κ1) is 21.4. The van der Waals surface area contributed by atoms with E-state index in [-0.39, 0.29) is 12.2 Å². The summed E-state index contributed by atoms with van der Waals surface area (Å²) < 4.78 is 6.25. The summed E-state index contributed by atoms with van der Waals surface area (Å²) in [4.78, 5) is 23.8. The number of phenolic OH excluding ortho intramolecular Hbond substituents is 1. The van der Waals surface area contributed by atoms with Crippen LogP contribution in [-0.2, 0) is 9.53 Å². The number of phenols is 1.